The zero-order chi connectivity index (χ0) is 15.7. The van der Waals surface area contributed by atoms with E-state index in [-0.39, 0.29) is 5.91 Å². The van der Waals surface area contributed by atoms with Gasteiger partial charge in [0.1, 0.15) is 11.6 Å². The van der Waals surface area contributed by atoms with Crippen molar-refractivity contribution in [3.8, 4) is 0 Å². The van der Waals surface area contributed by atoms with E-state index in [0.717, 1.165) is 19.5 Å². The molecule has 0 N–H and O–H groups in total. The molecule has 0 aliphatic carbocycles. The molecule has 2 aliphatic heterocycles. The van der Waals surface area contributed by atoms with Gasteiger partial charge in [-0.2, -0.15) is 0 Å². The molecule has 2 aliphatic rings. The Morgan fingerprint density at radius 2 is 2.05 bits per heavy atom. The van der Waals surface area contributed by atoms with Crippen LogP contribution in [-0.2, 0) is 9.59 Å². The number of hydrogen-bond acceptors (Lipinski definition) is 3. The number of carbonyl (C=O) groups is 2. The van der Waals surface area contributed by atoms with Gasteiger partial charge >= 0.3 is 0 Å². The number of likely N-dealkylation sites (tertiary alicyclic amines) is 1. The fraction of sp³-hybridized carbons (Fsp3) is 0.471. The molecule has 1 aromatic rings. The second kappa shape index (κ2) is 5.91. The molecular weight excluding hydrogens is 280 g/mol. The van der Waals surface area contributed by atoms with Crippen LogP contribution >= 0.6 is 0 Å². The molecule has 0 aromatic carbocycles. The maximum absolute atomic E-state index is 12.6. The van der Waals surface area contributed by atoms with Crippen LogP contribution in [0.3, 0.4) is 0 Å². The Labute approximate surface area is 129 Å². The second-order valence-corrected chi connectivity index (χ2v) is 6.34. The minimum atomic E-state index is -0.795. The maximum atomic E-state index is 12.6. The van der Waals surface area contributed by atoms with E-state index < -0.39 is 11.8 Å². The first-order chi connectivity index (χ1) is 10.5. The summed E-state index contributed by atoms with van der Waals surface area (Å²) in [4.78, 5) is 30.6. The molecule has 3 rings (SSSR count). The lowest BCUT2D eigenvalue weighted by Gasteiger charge is -2.36. The molecule has 0 saturated carbocycles. The highest BCUT2D eigenvalue weighted by atomic mass is 16.3. The Morgan fingerprint density at radius 3 is 2.64 bits per heavy atom. The molecule has 0 bridgehead atoms. The Bertz CT molecular complexity index is 620. The number of nitrogens with zero attached hydrogens (tertiary/aromatic N) is 2. The van der Waals surface area contributed by atoms with Crippen molar-refractivity contribution in [3.05, 3.63) is 36.3 Å². The van der Waals surface area contributed by atoms with Gasteiger partial charge in [-0.25, -0.2) is 4.99 Å². The summed E-state index contributed by atoms with van der Waals surface area (Å²) in [6.07, 6.45) is 5.99. The number of hydrogen-bond donors (Lipinski definition) is 0. The smallest absolute Gasteiger partial charge is 0.262 e. The van der Waals surface area contributed by atoms with Gasteiger partial charge in [0.05, 0.1) is 6.26 Å². The van der Waals surface area contributed by atoms with Gasteiger partial charge in [-0.05, 0) is 36.5 Å². The molecule has 2 amide bonds. The van der Waals surface area contributed by atoms with E-state index in [9.17, 15) is 9.59 Å². The molecule has 116 valence electrons. The van der Waals surface area contributed by atoms with E-state index in [1.54, 1.807) is 29.2 Å². The summed E-state index contributed by atoms with van der Waals surface area (Å²) in [6, 6.07) is 3.48. The Morgan fingerprint density at radius 1 is 1.32 bits per heavy atom. The number of carbonyl (C=O) groups excluding carboxylic acids is 2. The quantitative estimate of drug-likeness (QED) is 0.787. The van der Waals surface area contributed by atoms with E-state index in [1.807, 2.05) is 0 Å². The number of allylic oxidation sites excluding steroid dienone is 1. The molecule has 22 heavy (non-hydrogen) atoms. The summed E-state index contributed by atoms with van der Waals surface area (Å²) < 4.78 is 5.23. The Balaban J connectivity index is 1.73. The lowest BCUT2D eigenvalue weighted by molar-refractivity contribution is -0.141. The normalized spacial score (nSPS) is 28.6. The molecular formula is C17H20N2O3. The molecule has 0 spiro atoms. The van der Waals surface area contributed by atoms with Crippen LogP contribution in [0.15, 0.2) is 40.0 Å². The van der Waals surface area contributed by atoms with Crippen molar-refractivity contribution < 1.29 is 14.0 Å². The highest BCUT2D eigenvalue weighted by molar-refractivity contribution is 6.17. The standard InChI is InChI=1S/C17H20N2O3/c1-11-8-12(2)10-19(9-11)17(21)13-5-6-14(18-16(13)20)15-4-3-7-22-15/h3-7,11-13H,8-10H2,1-2H3. The monoisotopic (exact) mass is 300 g/mol. The first-order valence-electron chi connectivity index (χ1n) is 7.68. The first kappa shape index (κ1) is 14.8. The van der Waals surface area contributed by atoms with Crippen molar-refractivity contribution >= 4 is 17.5 Å². The van der Waals surface area contributed by atoms with Crippen molar-refractivity contribution in [1.29, 1.82) is 0 Å². The summed E-state index contributed by atoms with van der Waals surface area (Å²) in [7, 11) is 0. The summed E-state index contributed by atoms with van der Waals surface area (Å²) in [5, 5.41) is 0. The second-order valence-electron chi connectivity index (χ2n) is 6.34. The third-order valence-electron chi connectivity index (χ3n) is 4.16. The van der Waals surface area contributed by atoms with Crippen LogP contribution in [0.1, 0.15) is 26.0 Å². The molecule has 3 heterocycles. The molecule has 0 radical (unpaired) electrons. The van der Waals surface area contributed by atoms with Crippen molar-refractivity contribution in [2.45, 2.75) is 20.3 Å². The molecule has 5 heteroatoms. The number of furan rings is 1. The summed E-state index contributed by atoms with van der Waals surface area (Å²) in [6.45, 7) is 5.72. The topological polar surface area (TPSA) is 62.9 Å². The van der Waals surface area contributed by atoms with E-state index in [1.165, 1.54) is 6.26 Å². The Kier molecular flexibility index (Phi) is 3.96. The molecule has 1 fully saturated rings. The summed E-state index contributed by atoms with van der Waals surface area (Å²) >= 11 is 0. The van der Waals surface area contributed by atoms with Crippen LogP contribution < -0.4 is 0 Å². The predicted octanol–water partition coefficient (Wildman–Crippen LogP) is 2.29. The molecule has 1 saturated heterocycles. The van der Waals surface area contributed by atoms with Crippen LogP contribution in [0.4, 0.5) is 0 Å². The summed E-state index contributed by atoms with van der Waals surface area (Å²) in [5.41, 5.74) is 0.472. The molecule has 1 aromatic heterocycles. The minimum absolute atomic E-state index is 0.137. The fourth-order valence-corrected chi connectivity index (χ4v) is 3.28. The van der Waals surface area contributed by atoms with Crippen LogP contribution in [0.25, 0.3) is 0 Å². The SMILES string of the molecule is CC1CC(C)CN(C(=O)C2C=CC(c3ccco3)=NC2=O)C1. The van der Waals surface area contributed by atoms with Crippen molar-refractivity contribution in [1.82, 2.24) is 4.90 Å². The zero-order valence-corrected chi connectivity index (χ0v) is 12.9. The van der Waals surface area contributed by atoms with E-state index in [4.69, 9.17) is 4.42 Å². The van der Waals surface area contributed by atoms with Gasteiger partial charge in [-0.15, -0.1) is 0 Å². The van der Waals surface area contributed by atoms with Gasteiger partial charge < -0.3 is 9.32 Å². The first-order valence-corrected chi connectivity index (χ1v) is 7.68. The van der Waals surface area contributed by atoms with E-state index >= 15 is 0 Å². The molecule has 3 atom stereocenters. The van der Waals surface area contributed by atoms with Crippen molar-refractivity contribution in [3.63, 3.8) is 0 Å². The highest BCUT2D eigenvalue weighted by Gasteiger charge is 2.34. The lowest BCUT2D eigenvalue weighted by Crippen LogP contribution is -2.46. The average molecular weight is 300 g/mol. The summed E-state index contributed by atoms with van der Waals surface area (Å²) in [5.74, 6) is 0.133. The number of amides is 2. The predicted molar refractivity (Wildman–Crippen MR) is 82.4 cm³/mol. The van der Waals surface area contributed by atoms with Crippen LogP contribution in [0, 0.1) is 17.8 Å². The van der Waals surface area contributed by atoms with E-state index in [0.29, 0.717) is 23.3 Å². The largest absolute Gasteiger partial charge is 0.463 e. The lowest BCUT2D eigenvalue weighted by atomic mass is 9.90. The van der Waals surface area contributed by atoms with Crippen LogP contribution in [-0.4, -0.2) is 35.5 Å². The van der Waals surface area contributed by atoms with Gasteiger partial charge in [0.2, 0.25) is 5.91 Å². The minimum Gasteiger partial charge on any atom is -0.463 e. The van der Waals surface area contributed by atoms with Gasteiger partial charge in [0, 0.05) is 13.1 Å². The Hall–Kier alpha value is -2.17. The highest BCUT2D eigenvalue weighted by Crippen LogP contribution is 2.24. The van der Waals surface area contributed by atoms with Crippen molar-refractivity contribution in [2.75, 3.05) is 13.1 Å². The zero-order valence-electron chi connectivity index (χ0n) is 12.9. The number of aliphatic imine (C=N–C) groups is 1. The number of piperidine rings is 1. The van der Waals surface area contributed by atoms with Gasteiger partial charge in [0.25, 0.3) is 5.91 Å². The van der Waals surface area contributed by atoms with E-state index in [2.05, 4.69) is 18.8 Å². The van der Waals surface area contributed by atoms with Crippen LogP contribution in [0.5, 0.6) is 0 Å². The average Bonchev–Trinajstić information content (AvgIpc) is 2.99. The third kappa shape index (κ3) is 2.89. The number of dihydropyridines is 1. The van der Waals surface area contributed by atoms with Gasteiger partial charge in [0.15, 0.2) is 5.76 Å². The molecule has 5 nitrogen and oxygen atoms in total. The molecule has 3 unspecified atom stereocenters. The van der Waals surface area contributed by atoms with Crippen molar-refractivity contribution in [2.24, 2.45) is 22.7 Å². The van der Waals surface area contributed by atoms with Gasteiger partial charge in [-0.3, -0.25) is 9.59 Å². The third-order valence-corrected chi connectivity index (χ3v) is 4.16. The fourth-order valence-electron chi connectivity index (χ4n) is 3.28. The number of rotatable bonds is 2. The maximum Gasteiger partial charge on any atom is 0.262 e. The van der Waals surface area contributed by atoms with Crippen LogP contribution in [0.2, 0.25) is 0 Å². The van der Waals surface area contributed by atoms with Gasteiger partial charge in [-0.1, -0.05) is 19.9 Å².